The Balaban J connectivity index is 3.27. The number of hydrogen-bond acceptors (Lipinski definition) is 3. The van der Waals surface area contributed by atoms with E-state index in [0.717, 1.165) is 13.3 Å². The van der Waals surface area contributed by atoms with Crippen LogP contribution in [0.5, 0.6) is 0 Å². The Bertz CT molecular complexity index is 181. The van der Waals surface area contributed by atoms with Crippen molar-refractivity contribution in [2.45, 2.75) is 39.0 Å². The molecule has 0 fully saturated rings. The predicted molar refractivity (Wildman–Crippen MR) is 58.4 cm³/mol. The first-order valence-corrected chi connectivity index (χ1v) is 6.22. The molecule has 0 radical (unpaired) electrons. The quantitative estimate of drug-likeness (QED) is 0.481. The Labute approximate surface area is 93.8 Å². The van der Waals surface area contributed by atoms with Crippen molar-refractivity contribution in [3.8, 4) is 0 Å². The standard InChI is InChI=1S/C10H18F2O2S/c1-3-6-14-9(13)8-15-7-4-5-10(2,11)12/h3-8H2,1-2H3. The van der Waals surface area contributed by atoms with Crippen molar-refractivity contribution in [2.75, 3.05) is 18.1 Å². The maximum Gasteiger partial charge on any atom is 0.315 e. The van der Waals surface area contributed by atoms with Crippen molar-refractivity contribution in [2.24, 2.45) is 0 Å². The molecule has 0 amide bonds. The molecule has 0 aromatic rings. The maximum atomic E-state index is 12.4. The summed E-state index contributed by atoms with van der Waals surface area (Å²) in [5.41, 5.74) is 0. The zero-order valence-corrected chi connectivity index (χ0v) is 10.0. The molecule has 2 nitrogen and oxygen atoms in total. The fourth-order valence-electron chi connectivity index (χ4n) is 0.898. The molecule has 0 aliphatic rings. The number of ether oxygens (including phenoxy) is 1. The number of carbonyl (C=O) groups excluding carboxylic acids is 1. The number of hydrogen-bond donors (Lipinski definition) is 0. The molecule has 0 unspecified atom stereocenters. The van der Waals surface area contributed by atoms with Crippen molar-refractivity contribution in [1.82, 2.24) is 0 Å². The third-order valence-corrected chi connectivity index (χ3v) is 2.61. The summed E-state index contributed by atoms with van der Waals surface area (Å²) in [6, 6.07) is 0. The highest BCUT2D eigenvalue weighted by molar-refractivity contribution is 7.99. The van der Waals surface area contributed by atoms with Gasteiger partial charge < -0.3 is 4.74 Å². The van der Waals surface area contributed by atoms with E-state index in [1.807, 2.05) is 6.92 Å². The number of esters is 1. The molecular formula is C10H18F2O2S. The van der Waals surface area contributed by atoms with Gasteiger partial charge in [-0.05, 0) is 25.5 Å². The second-order valence-electron chi connectivity index (χ2n) is 3.45. The van der Waals surface area contributed by atoms with Crippen LogP contribution < -0.4 is 0 Å². The van der Waals surface area contributed by atoms with E-state index in [1.54, 1.807) is 0 Å². The Morgan fingerprint density at radius 2 is 2.13 bits per heavy atom. The SMILES string of the molecule is CCCOC(=O)CSCCCC(C)(F)F. The zero-order valence-electron chi connectivity index (χ0n) is 9.22. The smallest absolute Gasteiger partial charge is 0.315 e. The van der Waals surface area contributed by atoms with E-state index in [1.165, 1.54) is 11.8 Å². The summed E-state index contributed by atoms with van der Waals surface area (Å²) in [4.78, 5) is 11.0. The fraction of sp³-hybridized carbons (Fsp3) is 0.900. The van der Waals surface area contributed by atoms with E-state index in [0.29, 0.717) is 18.8 Å². The lowest BCUT2D eigenvalue weighted by Crippen LogP contribution is -2.11. The van der Waals surface area contributed by atoms with Gasteiger partial charge in [-0.2, -0.15) is 11.8 Å². The Kier molecular flexibility index (Phi) is 7.74. The molecule has 0 N–H and O–H groups in total. The topological polar surface area (TPSA) is 26.3 Å². The molecule has 0 aromatic carbocycles. The number of rotatable bonds is 8. The van der Waals surface area contributed by atoms with Crippen LogP contribution in [0.15, 0.2) is 0 Å². The molecule has 0 aliphatic heterocycles. The first kappa shape index (κ1) is 14.7. The molecule has 0 saturated heterocycles. The Hall–Kier alpha value is -0.320. The van der Waals surface area contributed by atoms with E-state index in [4.69, 9.17) is 4.74 Å². The molecule has 5 heteroatoms. The van der Waals surface area contributed by atoms with Crippen LogP contribution in [0.2, 0.25) is 0 Å². The van der Waals surface area contributed by atoms with Crippen LogP contribution in [0.4, 0.5) is 8.78 Å². The molecule has 0 rings (SSSR count). The Morgan fingerprint density at radius 3 is 2.67 bits per heavy atom. The maximum absolute atomic E-state index is 12.4. The van der Waals surface area contributed by atoms with Crippen molar-refractivity contribution in [3.05, 3.63) is 0 Å². The highest BCUT2D eigenvalue weighted by Gasteiger charge is 2.19. The molecular weight excluding hydrogens is 222 g/mol. The van der Waals surface area contributed by atoms with Gasteiger partial charge in [-0.15, -0.1) is 0 Å². The first-order valence-electron chi connectivity index (χ1n) is 5.07. The molecule has 15 heavy (non-hydrogen) atoms. The highest BCUT2D eigenvalue weighted by atomic mass is 32.2. The molecule has 0 aliphatic carbocycles. The first-order chi connectivity index (χ1) is 6.95. The van der Waals surface area contributed by atoms with E-state index in [2.05, 4.69) is 0 Å². The zero-order chi connectivity index (χ0) is 11.7. The van der Waals surface area contributed by atoms with Gasteiger partial charge in [0.1, 0.15) is 0 Å². The van der Waals surface area contributed by atoms with Gasteiger partial charge >= 0.3 is 5.97 Å². The van der Waals surface area contributed by atoms with E-state index < -0.39 is 5.92 Å². The van der Waals surface area contributed by atoms with Crippen LogP contribution in [0.1, 0.15) is 33.1 Å². The minimum absolute atomic E-state index is 0.121. The Morgan fingerprint density at radius 1 is 1.47 bits per heavy atom. The van der Waals surface area contributed by atoms with Gasteiger partial charge in [-0.3, -0.25) is 4.79 Å². The van der Waals surface area contributed by atoms with Gasteiger partial charge in [0.15, 0.2) is 0 Å². The van der Waals surface area contributed by atoms with E-state index in [9.17, 15) is 13.6 Å². The summed E-state index contributed by atoms with van der Waals surface area (Å²) in [5, 5.41) is 0. The van der Waals surface area contributed by atoms with Gasteiger partial charge in [0.05, 0.1) is 12.4 Å². The average molecular weight is 240 g/mol. The lowest BCUT2D eigenvalue weighted by Gasteiger charge is -2.08. The molecule has 0 bridgehead atoms. The van der Waals surface area contributed by atoms with Crippen LogP contribution in [0.3, 0.4) is 0 Å². The summed E-state index contributed by atoms with van der Waals surface area (Å²) in [5.74, 6) is -2.02. The van der Waals surface area contributed by atoms with Crippen LogP contribution in [-0.2, 0) is 9.53 Å². The summed E-state index contributed by atoms with van der Waals surface area (Å²) in [6.45, 7) is 3.27. The van der Waals surface area contributed by atoms with Crippen LogP contribution in [0, 0.1) is 0 Å². The summed E-state index contributed by atoms with van der Waals surface area (Å²) in [7, 11) is 0. The summed E-state index contributed by atoms with van der Waals surface area (Å²) in [6.07, 6.45) is 1.11. The van der Waals surface area contributed by atoms with E-state index in [-0.39, 0.29) is 18.1 Å². The predicted octanol–water partition coefficient (Wildman–Crippen LogP) is 3.11. The van der Waals surface area contributed by atoms with Crippen molar-refractivity contribution >= 4 is 17.7 Å². The highest BCUT2D eigenvalue weighted by Crippen LogP contribution is 2.20. The normalized spacial score (nSPS) is 11.5. The third-order valence-electron chi connectivity index (χ3n) is 1.59. The lowest BCUT2D eigenvalue weighted by atomic mass is 10.2. The fourth-order valence-corrected chi connectivity index (χ4v) is 1.64. The minimum Gasteiger partial charge on any atom is -0.465 e. The molecule has 0 saturated carbocycles. The van der Waals surface area contributed by atoms with Gasteiger partial charge in [0, 0.05) is 6.42 Å². The van der Waals surface area contributed by atoms with Crippen molar-refractivity contribution in [3.63, 3.8) is 0 Å². The van der Waals surface area contributed by atoms with Gasteiger partial charge in [0.25, 0.3) is 0 Å². The largest absolute Gasteiger partial charge is 0.465 e. The molecule has 90 valence electrons. The van der Waals surface area contributed by atoms with Crippen LogP contribution >= 0.6 is 11.8 Å². The lowest BCUT2D eigenvalue weighted by molar-refractivity contribution is -0.140. The van der Waals surface area contributed by atoms with Crippen LogP contribution in [0.25, 0.3) is 0 Å². The summed E-state index contributed by atoms with van der Waals surface area (Å²) >= 11 is 1.34. The second kappa shape index (κ2) is 7.91. The van der Waals surface area contributed by atoms with E-state index >= 15 is 0 Å². The molecule has 0 aromatic heterocycles. The second-order valence-corrected chi connectivity index (χ2v) is 4.55. The molecule has 0 heterocycles. The minimum atomic E-state index is -2.59. The monoisotopic (exact) mass is 240 g/mol. The third kappa shape index (κ3) is 11.6. The van der Waals surface area contributed by atoms with Crippen molar-refractivity contribution < 1.29 is 18.3 Å². The van der Waals surface area contributed by atoms with Gasteiger partial charge in [-0.25, -0.2) is 8.78 Å². The average Bonchev–Trinajstić information content (AvgIpc) is 2.12. The molecule has 0 atom stereocenters. The van der Waals surface area contributed by atoms with Crippen LogP contribution in [-0.4, -0.2) is 30.0 Å². The van der Waals surface area contributed by atoms with Gasteiger partial charge in [-0.1, -0.05) is 6.92 Å². The summed E-state index contributed by atoms with van der Waals surface area (Å²) < 4.78 is 29.6. The van der Waals surface area contributed by atoms with Crippen molar-refractivity contribution in [1.29, 1.82) is 0 Å². The van der Waals surface area contributed by atoms with Gasteiger partial charge in [0.2, 0.25) is 5.92 Å². The number of thioether (sulfide) groups is 1. The molecule has 0 spiro atoms. The number of halogens is 2. The number of carbonyl (C=O) groups is 1. The number of alkyl halides is 2.